The lowest BCUT2D eigenvalue weighted by Crippen LogP contribution is -2.31. The van der Waals surface area contributed by atoms with Crippen LogP contribution < -0.4 is 0 Å². The summed E-state index contributed by atoms with van der Waals surface area (Å²) in [6.45, 7) is 7.24. The summed E-state index contributed by atoms with van der Waals surface area (Å²) >= 11 is 0. The largest absolute Gasteiger partial charge is 0.271 e. The highest BCUT2D eigenvalue weighted by Crippen LogP contribution is 2.21. The van der Waals surface area contributed by atoms with E-state index in [1.807, 2.05) is 18.2 Å². The molecule has 2 aliphatic heterocycles. The minimum absolute atomic E-state index is 0.175. The van der Waals surface area contributed by atoms with Gasteiger partial charge in [-0.3, -0.25) is 24.1 Å². The van der Waals surface area contributed by atoms with Crippen molar-refractivity contribution >= 4 is 23.6 Å². The minimum Gasteiger partial charge on any atom is -0.271 e. The van der Waals surface area contributed by atoms with Crippen LogP contribution in [0.15, 0.2) is 59.8 Å². The van der Waals surface area contributed by atoms with Gasteiger partial charge in [0.1, 0.15) is 0 Å². The van der Waals surface area contributed by atoms with E-state index in [4.69, 9.17) is 0 Å². The molecular weight excluding hydrogens is 332 g/mol. The molecule has 2 heterocycles. The number of amides is 4. The van der Waals surface area contributed by atoms with Gasteiger partial charge in [0.15, 0.2) is 0 Å². The average molecular weight is 350 g/mol. The maximum absolute atomic E-state index is 12.0. The van der Waals surface area contributed by atoms with E-state index in [-0.39, 0.29) is 30.2 Å². The molecule has 0 aliphatic carbocycles. The van der Waals surface area contributed by atoms with Crippen LogP contribution in [-0.4, -0.2) is 33.4 Å². The number of imide groups is 2. The number of rotatable bonds is 5. The van der Waals surface area contributed by atoms with E-state index in [0.29, 0.717) is 23.3 Å². The number of hydrogen-bond donors (Lipinski definition) is 0. The van der Waals surface area contributed by atoms with Crippen LogP contribution >= 0.6 is 0 Å². The molecule has 0 saturated carbocycles. The number of carbonyl (C=O) groups is 4. The zero-order chi connectivity index (χ0) is 19.0. The van der Waals surface area contributed by atoms with Crippen molar-refractivity contribution in [1.29, 1.82) is 0 Å². The third-order valence-electron chi connectivity index (χ3n) is 4.35. The van der Waals surface area contributed by atoms with Gasteiger partial charge < -0.3 is 0 Å². The highest BCUT2D eigenvalue weighted by atomic mass is 16.2. The van der Waals surface area contributed by atoms with E-state index in [9.17, 15) is 19.2 Å². The van der Waals surface area contributed by atoms with Crippen molar-refractivity contribution in [2.24, 2.45) is 0 Å². The van der Waals surface area contributed by atoms with Gasteiger partial charge in [0.2, 0.25) is 0 Å². The van der Waals surface area contributed by atoms with Gasteiger partial charge in [0.25, 0.3) is 23.6 Å². The average Bonchev–Trinajstić information content (AvgIpc) is 2.97. The molecule has 26 heavy (non-hydrogen) atoms. The molecule has 3 rings (SSSR count). The van der Waals surface area contributed by atoms with E-state index < -0.39 is 0 Å². The molecule has 1 aromatic rings. The summed E-state index contributed by atoms with van der Waals surface area (Å²) in [6, 6.07) is 7.31. The number of hydrogen-bond acceptors (Lipinski definition) is 4. The highest BCUT2D eigenvalue weighted by molar-refractivity contribution is 6.17. The highest BCUT2D eigenvalue weighted by Gasteiger charge is 2.31. The predicted octanol–water partition coefficient (Wildman–Crippen LogP) is 1.87. The summed E-state index contributed by atoms with van der Waals surface area (Å²) in [5, 5.41) is 0. The van der Waals surface area contributed by atoms with Gasteiger partial charge in [0.05, 0.1) is 6.54 Å². The van der Waals surface area contributed by atoms with Gasteiger partial charge in [0, 0.05) is 35.4 Å². The Morgan fingerprint density at radius 3 is 2.12 bits per heavy atom. The molecular formula is C20H18N2O4. The van der Waals surface area contributed by atoms with Gasteiger partial charge in [-0.1, -0.05) is 30.8 Å². The lowest BCUT2D eigenvalue weighted by Gasteiger charge is -2.18. The Bertz CT molecular complexity index is 923. The van der Waals surface area contributed by atoms with Gasteiger partial charge in [-0.15, -0.1) is 0 Å². The second kappa shape index (κ2) is 6.55. The zero-order valence-electron chi connectivity index (χ0n) is 14.6. The van der Waals surface area contributed by atoms with Gasteiger partial charge in [-0.2, -0.15) is 0 Å². The van der Waals surface area contributed by atoms with Crippen LogP contribution in [0.3, 0.4) is 0 Å². The van der Waals surface area contributed by atoms with E-state index in [2.05, 4.69) is 6.58 Å². The predicted molar refractivity (Wildman–Crippen MR) is 94.2 cm³/mol. The molecule has 132 valence electrons. The van der Waals surface area contributed by atoms with Crippen molar-refractivity contribution in [3.63, 3.8) is 0 Å². The molecule has 0 spiro atoms. The van der Waals surface area contributed by atoms with Crippen LogP contribution in [0.5, 0.6) is 0 Å². The van der Waals surface area contributed by atoms with Crippen LogP contribution in [0.25, 0.3) is 0 Å². The molecule has 0 N–H and O–H groups in total. The zero-order valence-corrected chi connectivity index (χ0v) is 14.6. The summed E-state index contributed by atoms with van der Waals surface area (Å²) in [4.78, 5) is 50.1. The van der Waals surface area contributed by atoms with Crippen molar-refractivity contribution in [3.8, 4) is 0 Å². The minimum atomic E-state index is -0.386. The molecule has 0 atom stereocenters. The fraction of sp³-hybridized carbons (Fsp3) is 0.200. The van der Waals surface area contributed by atoms with E-state index in [0.717, 1.165) is 16.0 Å². The number of benzene rings is 1. The van der Waals surface area contributed by atoms with Crippen LogP contribution in [0, 0.1) is 0 Å². The molecule has 6 nitrogen and oxygen atoms in total. The maximum atomic E-state index is 12.0. The van der Waals surface area contributed by atoms with Gasteiger partial charge in [-0.05, 0) is 25.0 Å². The lowest BCUT2D eigenvalue weighted by atomic mass is 10.1. The second-order valence-electron chi connectivity index (χ2n) is 6.43. The molecule has 0 radical (unpaired) electrons. The van der Waals surface area contributed by atoms with E-state index in [1.165, 1.54) is 17.1 Å². The second-order valence-corrected chi connectivity index (χ2v) is 6.43. The molecule has 0 bridgehead atoms. The summed E-state index contributed by atoms with van der Waals surface area (Å²) in [7, 11) is 0. The molecule has 1 aromatic carbocycles. The van der Waals surface area contributed by atoms with Crippen molar-refractivity contribution < 1.29 is 19.2 Å². The summed E-state index contributed by atoms with van der Waals surface area (Å²) in [5.41, 5.74) is 2.82. The quantitative estimate of drug-likeness (QED) is 0.760. The van der Waals surface area contributed by atoms with Crippen molar-refractivity contribution in [1.82, 2.24) is 9.80 Å². The molecule has 4 amide bonds. The smallest absolute Gasteiger partial charge is 0.260 e. The third-order valence-corrected chi connectivity index (χ3v) is 4.35. The Morgan fingerprint density at radius 1 is 0.923 bits per heavy atom. The number of carbonyl (C=O) groups excluding carboxylic acids is 4. The van der Waals surface area contributed by atoms with Crippen molar-refractivity contribution in [2.45, 2.75) is 26.8 Å². The molecule has 0 saturated heterocycles. The first-order valence-corrected chi connectivity index (χ1v) is 8.14. The summed E-state index contributed by atoms with van der Waals surface area (Å²) < 4.78 is 0. The lowest BCUT2D eigenvalue weighted by molar-refractivity contribution is -0.138. The number of nitrogens with zero attached hydrogens (tertiary/aromatic N) is 2. The Balaban J connectivity index is 1.71. The Morgan fingerprint density at radius 2 is 1.54 bits per heavy atom. The van der Waals surface area contributed by atoms with Crippen LogP contribution in [0.4, 0.5) is 0 Å². The summed E-state index contributed by atoms with van der Waals surface area (Å²) in [6.07, 6.45) is 2.93. The Labute approximate surface area is 151 Å². The fourth-order valence-electron chi connectivity index (χ4n) is 3.01. The van der Waals surface area contributed by atoms with E-state index in [1.54, 1.807) is 19.9 Å². The summed E-state index contributed by atoms with van der Waals surface area (Å²) in [5.74, 6) is -1.36. The fourth-order valence-corrected chi connectivity index (χ4v) is 3.01. The maximum Gasteiger partial charge on any atom is 0.260 e. The first-order valence-electron chi connectivity index (χ1n) is 8.14. The first-order chi connectivity index (χ1) is 12.3. The van der Waals surface area contributed by atoms with Crippen LogP contribution in [-0.2, 0) is 32.1 Å². The Kier molecular flexibility index (Phi) is 4.42. The first kappa shape index (κ1) is 17.5. The van der Waals surface area contributed by atoms with Crippen molar-refractivity contribution in [3.05, 3.63) is 71.0 Å². The van der Waals surface area contributed by atoms with Crippen LogP contribution in [0.1, 0.15) is 25.0 Å². The monoisotopic (exact) mass is 350 g/mol. The normalized spacial score (nSPS) is 17.2. The standard InChI is InChI=1S/C20H18N2O4/c1-12-7-17(23)21(19(12)25)11-16-6-4-5-15(10-16)9-14(3)22-18(24)8-13(2)20(22)26/h4-8,10H,3,9,11H2,1-2H3. The topological polar surface area (TPSA) is 74.8 Å². The number of allylic oxidation sites excluding steroid dienone is 1. The molecule has 0 unspecified atom stereocenters. The van der Waals surface area contributed by atoms with E-state index >= 15 is 0 Å². The van der Waals surface area contributed by atoms with Gasteiger partial charge >= 0.3 is 0 Å². The van der Waals surface area contributed by atoms with Crippen molar-refractivity contribution in [2.75, 3.05) is 0 Å². The Hall–Kier alpha value is -3.28. The molecule has 0 fully saturated rings. The van der Waals surface area contributed by atoms with Gasteiger partial charge in [-0.25, -0.2) is 4.90 Å². The third kappa shape index (κ3) is 3.13. The van der Waals surface area contributed by atoms with Crippen LogP contribution in [0.2, 0.25) is 0 Å². The molecule has 0 aromatic heterocycles. The molecule has 6 heteroatoms. The SMILES string of the molecule is C=C(Cc1cccc(CN2C(=O)C=C(C)C2=O)c1)N1C(=O)C=C(C)C1=O. The molecule has 2 aliphatic rings.